The molecule has 6 heteroatoms. The summed E-state index contributed by atoms with van der Waals surface area (Å²) in [7, 11) is 0. The lowest BCUT2D eigenvalue weighted by Gasteiger charge is -2.30. The first-order chi connectivity index (χ1) is 9.60. The van der Waals surface area contributed by atoms with Gasteiger partial charge in [0.25, 0.3) is 0 Å². The van der Waals surface area contributed by atoms with Crippen molar-refractivity contribution in [3.8, 4) is 0 Å². The van der Waals surface area contributed by atoms with E-state index in [-0.39, 0.29) is 12.5 Å². The first-order valence-electron chi connectivity index (χ1n) is 6.81. The van der Waals surface area contributed by atoms with Gasteiger partial charge in [0.2, 0.25) is 5.91 Å². The predicted molar refractivity (Wildman–Crippen MR) is 78.6 cm³/mol. The molecule has 0 unspecified atom stereocenters. The molecule has 2 rings (SSSR count). The third-order valence-corrected chi connectivity index (χ3v) is 3.24. The Hall–Kier alpha value is -2.24. The lowest BCUT2D eigenvalue weighted by molar-refractivity contribution is -0.118. The minimum Gasteiger partial charge on any atom is -0.399 e. The van der Waals surface area contributed by atoms with Crippen LogP contribution in [-0.2, 0) is 11.2 Å². The number of imide groups is 1. The largest absolute Gasteiger partial charge is 0.399 e. The Labute approximate surface area is 118 Å². The van der Waals surface area contributed by atoms with Crippen molar-refractivity contribution < 1.29 is 9.59 Å². The van der Waals surface area contributed by atoms with Crippen LogP contribution in [0.4, 0.5) is 16.2 Å². The summed E-state index contributed by atoms with van der Waals surface area (Å²) in [5.74, 6) is -0.305. The molecular weight excluding hydrogens is 256 g/mol. The molecule has 0 saturated carbocycles. The zero-order valence-corrected chi connectivity index (χ0v) is 11.6. The van der Waals surface area contributed by atoms with E-state index >= 15 is 0 Å². The zero-order chi connectivity index (χ0) is 14.5. The van der Waals surface area contributed by atoms with Crippen molar-refractivity contribution in [2.75, 3.05) is 30.3 Å². The van der Waals surface area contributed by atoms with Gasteiger partial charge in [0.15, 0.2) is 0 Å². The van der Waals surface area contributed by atoms with Crippen LogP contribution in [0.25, 0.3) is 0 Å². The molecule has 0 aromatic heterocycles. The van der Waals surface area contributed by atoms with Gasteiger partial charge in [-0.1, -0.05) is 0 Å². The second-order valence-corrected chi connectivity index (χ2v) is 4.82. The third kappa shape index (κ3) is 3.40. The molecule has 0 saturated heterocycles. The fourth-order valence-electron chi connectivity index (χ4n) is 2.40. The number of amides is 3. The number of urea groups is 1. The molecule has 3 amide bonds. The van der Waals surface area contributed by atoms with Gasteiger partial charge >= 0.3 is 6.03 Å². The summed E-state index contributed by atoms with van der Waals surface area (Å²) in [5, 5.41) is 4.85. The SMILES string of the molecule is CCNC(=O)NC(=O)CN1CCCc2cc(N)ccc21. The third-order valence-electron chi connectivity index (χ3n) is 3.24. The monoisotopic (exact) mass is 276 g/mol. The average Bonchev–Trinajstić information content (AvgIpc) is 2.38. The van der Waals surface area contributed by atoms with Crippen molar-refractivity contribution in [2.45, 2.75) is 19.8 Å². The maximum absolute atomic E-state index is 11.8. The summed E-state index contributed by atoms with van der Waals surface area (Å²) in [6, 6.07) is 5.26. The van der Waals surface area contributed by atoms with Crippen molar-refractivity contribution in [1.29, 1.82) is 0 Å². The molecular formula is C14H20N4O2. The molecule has 0 fully saturated rings. The summed E-state index contributed by atoms with van der Waals surface area (Å²) in [6.45, 7) is 3.27. The normalized spacial score (nSPS) is 13.6. The van der Waals surface area contributed by atoms with Crippen molar-refractivity contribution in [1.82, 2.24) is 10.6 Å². The van der Waals surface area contributed by atoms with Gasteiger partial charge in [0, 0.05) is 24.5 Å². The topological polar surface area (TPSA) is 87.5 Å². The van der Waals surface area contributed by atoms with Gasteiger partial charge in [-0.05, 0) is 43.5 Å². The van der Waals surface area contributed by atoms with E-state index in [2.05, 4.69) is 10.6 Å². The molecule has 1 aromatic carbocycles. The number of nitrogen functional groups attached to an aromatic ring is 1. The van der Waals surface area contributed by atoms with Crippen molar-refractivity contribution in [3.05, 3.63) is 23.8 Å². The van der Waals surface area contributed by atoms with Crippen LogP contribution >= 0.6 is 0 Å². The Morgan fingerprint density at radius 2 is 2.20 bits per heavy atom. The highest BCUT2D eigenvalue weighted by Crippen LogP contribution is 2.28. The smallest absolute Gasteiger partial charge is 0.321 e. The fraction of sp³-hybridized carbons (Fsp3) is 0.429. The Balaban J connectivity index is 2.01. The molecule has 1 aliphatic heterocycles. The molecule has 0 spiro atoms. The van der Waals surface area contributed by atoms with Crippen LogP contribution in [0.1, 0.15) is 18.9 Å². The van der Waals surface area contributed by atoms with Crippen LogP contribution in [0, 0.1) is 0 Å². The van der Waals surface area contributed by atoms with E-state index in [9.17, 15) is 9.59 Å². The number of benzene rings is 1. The lowest BCUT2D eigenvalue weighted by Crippen LogP contribution is -2.45. The summed E-state index contributed by atoms with van der Waals surface area (Å²) >= 11 is 0. The number of hydrogen-bond acceptors (Lipinski definition) is 4. The first-order valence-corrected chi connectivity index (χ1v) is 6.81. The number of nitrogens with one attached hydrogen (secondary N) is 2. The molecule has 4 N–H and O–H groups in total. The number of carbonyl (C=O) groups is 2. The number of rotatable bonds is 3. The number of carbonyl (C=O) groups excluding carboxylic acids is 2. The standard InChI is InChI=1S/C14H20N4O2/c1-2-16-14(20)17-13(19)9-18-7-3-4-10-8-11(15)5-6-12(10)18/h5-6,8H,2-4,7,9,15H2,1H3,(H2,16,17,19,20). The summed E-state index contributed by atoms with van der Waals surface area (Å²) in [6.07, 6.45) is 1.94. The predicted octanol–water partition coefficient (Wildman–Crippen LogP) is 0.867. The number of aryl methyl sites for hydroxylation is 1. The molecule has 0 atom stereocenters. The number of fused-ring (bicyclic) bond motifs is 1. The van der Waals surface area contributed by atoms with Crippen LogP contribution in [0.3, 0.4) is 0 Å². The molecule has 1 aromatic rings. The Kier molecular flexibility index (Phi) is 4.45. The molecule has 1 aliphatic rings. The van der Waals surface area contributed by atoms with Gasteiger partial charge in [-0.3, -0.25) is 10.1 Å². The minimum absolute atomic E-state index is 0.175. The highest BCUT2D eigenvalue weighted by Gasteiger charge is 2.19. The number of nitrogens with zero attached hydrogens (tertiary/aromatic N) is 1. The number of hydrogen-bond donors (Lipinski definition) is 3. The molecule has 0 bridgehead atoms. The van der Waals surface area contributed by atoms with Crippen LogP contribution in [0.2, 0.25) is 0 Å². The molecule has 20 heavy (non-hydrogen) atoms. The van der Waals surface area contributed by atoms with E-state index in [1.54, 1.807) is 6.92 Å². The maximum Gasteiger partial charge on any atom is 0.321 e. The quantitative estimate of drug-likeness (QED) is 0.715. The van der Waals surface area contributed by atoms with E-state index in [4.69, 9.17) is 5.73 Å². The summed E-state index contributed by atoms with van der Waals surface area (Å²) in [4.78, 5) is 25.1. The van der Waals surface area contributed by atoms with Crippen LogP contribution in [0.15, 0.2) is 18.2 Å². The second kappa shape index (κ2) is 6.27. The van der Waals surface area contributed by atoms with Gasteiger partial charge in [-0.15, -0.1) is 0 Å². The first kappa shape index (κ1) is 14.2. The van der Waals surface area contributed by atoms with Crippen molar-refractivity contribution in [2.24, 2.45) is 0 Å². The van der Waals surface area contributed by atoms with Gasteiger partial charge in [0.05, 0.1) is 6.54 Å². The van der Waals surface area contributed by atoms with E-state index in [0.717, 1.165) is 36.3 Å². The highest BCUT2D eigenvalue weighted by molar-refractivity contribution is 5.96. The number of anilines is 2. The summed E-state index contributed by atoms with van der Waals surface area (Å²) < 4.78 is 0. The molecule has 108 valence electrons. The lowest BCUT2D eigenvalue weighted by atomic mass is 10.0. The van der Waals surface area contributed by atoms with Crippen LogP contribution in [-0.4, -0.2) is 31.6 Å². The zero-order valence-electron chi connectivity index (χ0n) is 11.6. The fourth-order valence-corrected chi connectivity index (χ4v) is 2.40. The minimum atomic E-state index is -0.452. The van der Waals surface area contributed by atoms with Crippen LogP contribution < -0.4 is 21.3 Å². The maximum atomic E-state index is 11.8. The number of nitrogens with two attached hydrogens (primary N) is 1. The highest BCUT2D eigenvalue weighted by atomic mass is 16.2. The van der Waals surface area contributed by atoms with Crippen molar-refractivity contribution >= 4 is 23.3 Å². The molecule has 0 radical (unpaired) electrons. The van der Waals surface area contributed by atoms with Gasteiger partial charge in [-0.2, -0.15) is 0 Å². The van der Waals surface area contributed by atoms with E-state index < -0.39 is 6.03 Å². The molecule has 1 heterocycles. The van der Waals surface area contributed by atoms with Crippen LogP contribution in [0.5, 0.6) is 0 Å². The van der Waals surface area contributed by atoms with Gasteiger partial charge < -0.3 is 16.0 Å². The molecule has 0 aliphatic carbocycles. The summed E-state index contributed by atoms with van der Waals surface area (Å²) in [5.41, 5.74) is 8.69. The Morgan fingerprint density at radius 3 is 2.95 bits per heavy atom. The van der Waals surface area contributed by atoms with E-state index in [0.29, 0.717) is 6.54 Å². The van der Waals surface area contributed by atoms with E-state index in [1.807, 2.05) is 23.1 Å². The molecule has 6 nitrogen and oxygen atoms in total. The Bertz CT molecular complexity index is 516. The van der Waals surface area contributed by atoms with Crippen molar-refractivity contribution in [3.63, 3.8) is 0 Å². The second-order valence-electron chi connectivity index (χ2n) is 4.82. The average molecular weight is 276 g/mol. The Morgan fingerprint density at radius 1 is 1.40 bits per heavy atom. The van der Waals surface area contributed by atoms with E-state index in [1.165, 1.54) is 0 Å². The van der Waals surface area contributed by atoms with Gasteiger partial charge in [0.1, 0.15) is 0 Å². The van der Waals surface area contributed by atoms with Gasteiger partial charge in [-0.25, -0.2) is 4.79 Å².